The number of aliphatic hydroxyl groups is 1. The summed E-state index contributed by atoms with van der Waals surface area (Å²) in [4.78, 5) is 32.5. The second-order valence-corrected chi connectivity index (χ2v) is 8.79. The number of carbonyl (C=O) groups excluding carboxylic acids is 2. The van der Waals surface area contributed by atoms with E-state index in [9.17, 15) is 27.9 Å². The molecule has 0 spiro atoms. The number of carbonyl (C=O) groups is 2. The van der Waals surface area contributed by atoms with E-state index >= 15 is 0 Å². The quantitative estimate of drug-likeness (QED) is 0.447. The Hall–Kier alpha value is -4.18. The fraction of sp³-hybridized carbons (Fsp3) is 0.250. The van der Waals surface area contributed by atoms with Gasteiger partial charge in [0.15, 0.2) is 0 Å². The van der Waals surface area contributed by atoms with Crippen LogP contribution in [0.15, 0.2) is 84.0 Å². The molecule has 0 saturated carbocycles. The van der Waals surface area contributed by atoms with Crippen LogP contribution >= 0.6 is 0 Å². The van der Waals surface area contributed by atoms with Crippen molar-refractivity contribution in [3.05, 3.63) is 95.6 Å². The van der Waals surface area contributed by atoms with Crippen LogP contribution in [0.4, 0.5) is 13.2 Å². The average molecular weight is 526 g/mol. The Labute approximate surface area is 217 Å². The van der Waals surface area contributed by atoms with Gasteiger partial charge in [0.25, 0.3) is 5.91 Å². The molecular formula is C28H26F3N3O4. The van der Waals surface area contributed by atoms with Crippen LogP contribution in [0, 0.1) is 0 Å². The molecule has 1 aliphatic heterocycles. The van der Waals surface area contributed by atoms with Crippen LogP contribution in [0.5, 0.6) is 0 Å². The average Bonchev–Trinajstić information content (AvgIpc) is 3.35. The largest absolute Gasteiger partial charge is 0.417 e. The molecule has 198 valence electrons. The van der Waals surface area contributed by atoms with E-state index in [-0.39, 0.29) is 30.6 Å². The number of aliphatic hydroxyl groups excluding tert-OH is 1. The zero-order chi connectivity index (χ0) is 27.3. The molecule has 2 atom stereocenters. The SMILES string of the molecule is CON=C1C[C@@H](C(=O)NC[C@@H](O)c2ccccc2)N(C(=O)c2ccc(-c3ccccc3)c(C(F)(F)F)c2)C1. The van der Waals surface area contributed by atoms with Crippen molar-refractivity contribution in [1.29, 1.82) is 0 Å². The molecule has 1 heterocycles. The molecule has 0 bridgehead atoms. The molecule has 1 saturated heterocycles. The monoisotopic (exact) mass is 525 g/mol. The number of likely N-dealkylation sites (tertiary alicyclic amines) is 1. The van der Waals surface area contributed by atoms with Gasteiger partial charge in [-0.25, -0.2) is 0 Å². The Morgan fingerprint density at radius 1 is 1.08 bits per heavy atom. The lowest BCUT2D eigenvalue weighted by molar-refractivity contribution is -0.137. The molecule has 0 aliphatic carbocycles. The molecule has 2 amide bonds. The third-order valence-corrected chi connectivity index (χ3v) is 6.25. The number of hydrogen-bond donors (Lipinski definition) is 2. The molecule has 1 fully saturated rings. The maximum atomic E-state index is 14.0. The van der Waals surface area contributed by atoms with Gasteiger partial charge in [0.1, 0.15) is 13.2 Å². The van der Waals surface area contributed by atoms with E-state index in [0.717, 1.165) is 6.07 Å². The highest BCUT2D eigenvalue weighted by molar-refractivity contribution is 6.05. The minimum Gasteiger partial charge on any atom is -0.399 e. The first-order chi connectivity index (χ1) is 18.2. The predicted octanol–water partition coefficient (Wildman–Crippen LogP) is 4.44. The highest BCUT2D eigenvalue weighted by atomic mass is 19.4. The zero-order valence-corrected chi connectivity index (χ0v) is 20.5. The van der Waals surface area contributed by atoms with Crippen molar-refractivity contribution < 1.29 is 32.7 Å². The van der Waals surface area contributed by atoms with Gasteiger partial charge < -0.3 is 20.2 Å². The second kappa shape index (κ2) is 11.5. The summed E-state index contributed by atoms with van der Waals surface area (Å²) in [6.07, 6.45) is -5.64. The number of halogens is 3. The fourth-order valence-corrected chi connectivity index (χ4v) is 4.40. The van der Waals surface area contributed by atoms with Crippen molar-refractivity contribution in [3.63, 3.8) is 0 Å². The Morgan fingerprint density at radius 3 is 2.37 bits per heavy atom. The highest BCUT2D eigenvalue weighted by Gasteiger charge is 2.40. The van der Waals surface area contributed by atoms with Crippen molar-refractivity contribution in [2.45, 2.75) is 24.7 Å². The molecule has 38 heavy (non-hydrogen) atoms. The number of alkyl halides is 3. The van der Waals surface area contributed by atoms with Crippen molar-refractivity contribution in [1.82, 2.24) is 10.2 Å². The Kier molecular flexibility index (Phi) is 8.11. The van der Waals surface area contributed by atoms with Crippen LogP contribution < -0.4 is 5.32 Å². The highest BCUT2D eigenvalue weighted by Crippen LogP contribution is 2.38. The summed E-state index contributed by atoms with van der Waals surface area (Å²) >= 11 is 0. The number of hydrogen-bond acceptors (Lipinski definition) is 5. The molecule has 1 aliphatic rings. The standard InChI is InChI=1S/C28H26F3N3O4/c1-38-33-21-15-24(26(36)32-16-25(35)19-10-6-3-7-11-19)34(17-21)27(37)20-12-13-22(18-8-4-2-5-9-18)23(14-20)28(29,30)31/h2-14,24-25,35H,15-17H2,1H3,(H,32,36)/t24-,25+/m0/s1. The smallest absolute Gasteiger partial charge is 0.399 e. The van der Waals surface area contributed by atoms with E-state index in [0.29, 0.717) is 16.8 Å². The number of nitrogens with zero attached hydrogens (tertiary/aromatic N) is 2. The fourth-order valence-electron chi connectivity index (χ4n) is 4.40. The Balaban J connectivity index is 1.59. The third-order valence-electron chi connectivity index (χ3n) is 6.25. The molecule has 4 rings (SSSR count). The third kappa shape index (κ3) is 6.03. The number of nitrogens with one attached hydrogen (secondary N) is 1. The summed E-state index contributed by atoms with van der Waals surface area (Å²) in [5.41, 5.74) is 0.142. The van der Waals surface area contributed by atoms with Crippen LogP contribution in [-0.4, -0.2) is 53.8 Å². The van der Waals surface area contributed by atoms with E-state index in [1.54, 1.807) is 60.7 Å². The van der Waals surface area contributed by atoms with Gasteiger partial charge in [-0.05, 0) is 28.8 Å². The van der Waals surface area contributed by atoms with E-state index < -0.39 is 35.7 Å². The molecule has 10 heteroatoms. The lowest BCUT2D eigenvalue weighted by Crippen LogP contribution is -2.46. The number of amides is 2. The van der Waals surface area contributed by atoms with Crippen LogP contribution in [0.25, 0.3) is 11.1 Å². The molecule has 0 unspecified atom stereocenters. The molecule has 3 aromatic carbocycles. The van der Waals surface area contributed by atoms with Gasteiger partial charge in [0, 0.05) is 18.5 Å². The van der Waals surface area contributed by atoms with Gasteiger partial charge in [-0.3, -0.25) is 9.59 Å². The molecule has 0 radical (unpaired) electrons. The van der Waals surface area contributed by atoms with Gasteiger partial charge in [-0.2, -0.15) is 13.2 Å². The topological polar surface area (TPSA) is 91.2 Å². The van der Waals surface area contributed by atoms with Crippen molar-refractivity contribution >= 4 is 17.5 Å². The second-order valence-electron chi connectivity index (χ2n) is 8.79. The van der Waals surface area contributed by atoms with E-state index in [1.165, 1.54) is 24.1 Å². The number of rotatable bonds is 7. The molecule has 2 N–H and O–H groups in total. The normalized spacial score (nSPS) is 17.3. The maximum absolute atomic E-state index is 14.0. The maximum Gasteiger partial charge on any atom is 0.417 e. The van der Waals surface area contributed by atoms with E-state index in [2.05, 4.69) is 10.5 Å². The van der Waals surface area contributed by atoms with Crippen molar-refractivity contribution in [3.8, 4) is 11.1 Å². The predicted molar refractivity (Wildman–Crippen MR) is 135 cm³/mol. The summed E-state index contributed by atoms with van der Waals surface area (Å²) < 4.78 is 42.0. The van der Waals surface area contributed by atoms with Gasteiger partial charge in [0.2, 0.25) is 5.91 Å². The van der Waals surface area contributed by atoms with Crippen LogP contribution in [-0.2, 0) is 15.8 Å². The van der Waals surface area contributed by atoms with Crippen molar-refractivity contribution in [2.75, 3.05) is 20.2 Å². The molecule has 3 aromatic rings. The molecule has 7 nitrogen and oxygen atoms in total. The molecule has 0 aromatic heterocycles. The Morgan fingerprint density at radius 2 is 1.74 bits per heavy atom. The first-order valence-electron chi connectivity index (χ1n) is 11.9. The number of oxime groups is 1. The minimum absolute atomic E-state index is 0.0427. The molecular weight excluding hydrogens is 499 g/mol. The zero-order valence-electron chi connectivity index (χ0n) is 20.5. The first kappa shape index (κ1) is 26.9. The van der Waals surface area contributed by atoms with Gasteiger partial charge in [-0.15, -0.1) is 0 Å². The van der Waals surface area contributed by atoms with Gasteiger partial charge in [0.05, 0.1) is 23.9 Å². The summed E-state index contributed by atoms with van der Waals surface area (Å²) in [5, 5.41) is 16.9. The summed E-state index contributed by atoms with van der Waals surface area (Å²) in [6.45, 7) is -0.198. The minimum atomic E-state index is -4.71. The Bertz CT molecular complexity index is 1310. The van der Waals surface area contributed by atoms with Gasteiger partial charge >= 0.3 is 6.18 Å². The number of benzene rings is 3. The van der Waals surface area contributed by atoms with Crippen LogP contribution in [0.3, 0.4) is 0 Å². The van der Waals surface area contributed by atoms with Crippen molar-refractivity contribution in [2.24, 2.45) is 5.16 Å². The lowest BCUT2D eigenvalue weighted by Gasteiger charge is -2.24. The van der Waals surface area contributed by atoms with E-state index in [4.69, 9.17) is 4.84 Å². The van der Waals surface area contributed by atoms with Crippen LogP contribution in [0.2, 0.25) is 0 Å². The summed E-state index contributed by atoms with van der Waals surface area (Å²) in [5.74, 6) is -1.31. The van der Waals surface area contributed by atoms with Gasteiger partial charge in [-0.1, -0.05) is 71.9 Å². The summed E-state index contributed by atoms with van der Waals surface area (Å²) in [6, 6.07) is 19.2. The first-order valence-corrected chi connectivity index (χ1v) is 11.9. The summed E-state index contributed by atoms with van der Waals surface area (Å²) in [7, 11) is 1.32. The van der Waals surface area contributed by atoms with E-state index in [1.807, 2.05) is 0 Å². The lowest BCUT2D eigenvalue weighted by atomic mass is 9.96. The van der Waals surface area contributed by atoms with Crippen LogP contribution in [0.1, 0.15) is 34.0 Å².